The zero-order valence-electron chi connectivity index (χ0n) is 12.4. The van der Waals surface area contributed by atoms with Gasteiger partial charge in [0.1, 0.15) is 23.8 Å². The van der Waals surface area contributed by atoms with E-state index in [4.69, 9.17) is 9.15 Å². The molecule has 0 amide bonds. The Bertz CT molecular complexity index is 1020. The van der Waals surface area contributed by atoms with Crippen molar-refractivity contribution in [2.24, 2.45) is 0 Å². The Labute approximate surface area is 131 Å². The lowest BCUT2D eigenvalue weighted by Gasteiger charge is -2.03. The maximum Gasteiger partial charge on any atom is 0.340 e. The van der Waals surface area contributed by atoms with Crippen LogP contribution in [0.2, 0.25) is 0 Å². The number of hydrogen-bond acceptors (Lipinski definition) is 5. The molecule has 23 heavy (non-hydrogen) atoms. The van der Waals surface area contributed by atoms with E-state index in [1.54, 1.807) is 19.4 Å². The van der Waals surface area contributed by atoms with Crippen LogP contribution in [0.25, 0.3) is 33.3 Å². The molecule has 0 aliphatic heterocycles. The molecule has 4 aromatic rings. The number of carbonyl (C=O) groups is 1. The molecule has 3 heterocycles. The number of para-hydroxylation sites is 1. The molecule has 1 N–H and O–H groups in total. The summed E-state index contributed by atoms with van der Waals surface area (Å²) in [6.07, 6.45) is 4.71. The highest BCUT2D eigenvalue weighted by Gasteiger charge is 2.20. The van der Waals surface area contributed by atoms with Gasteiger partial charge in [0.2, 0.25) is 0 Å². The van der Waals surface area contributed by atoms with Gasteiger partial charge in [-0.2, -0.15) is 0 Å². The summed E-state index contributed by atoms with van der Waals surface area (Å²) in [4.78, 5) is 23.7. The number of rotatable bonds is 3. The smallest absolute Gasteiger partial charge is 0.340 e. The first kappa shape index (κ1) is 13.5. The third-order valence-corrected chi connectivity index (χ3v) is 3.70. The maximum atomic E-state index is 12.2. The summed E-state index contributed by atoms with van der Waals surface area (Å²) < 4.78 is 10.7. The van der Waals surface area contributed by atoms with Gasteiger partial charge in [0.25, 0.3) is 0 Å². The van der Waals surface area contributed by atoms with E-state index in [9.17, 15) is 4.79 Å². The number of aromatic amines is 1. The lowest BCUT2D eigenvalue weighted by Crippen LogP contribution is -2.04. The number of nitrogens with zero attached hydrogens (tertiary/aromatic N) is 2. The molecule has 0 aliphatic rings. The van der Waals surface area contributed by atoms with E-state index in [0.717, 1.165) is 16.5 Å². The molecular formula is C17H13N3O3. The Balaban J connectivity index is 2.00. The molecule has 0 saturated heterocycles. The molecule has 6 heteroatoms. The highest BCUT2D eigenvalue weighted by Crippen LogP contribution is 2.34. The average Bonchev–Trinajstić information content (AvgIpc) is 3.19. The molecule has 0 bridgehead atoms. The highest BCUT2D eigenvalue weighted by atomic mass is 16.5. The molecule has 1 aromatic carbocycles. The van der Waals surface area contributed by atoms with Gasteiger partial charge in [0.05, 0.1) is 23.3 Å². The number of H-pyrrole nitrogens is 1. The van der Waals surface area contributed by atoms with E-state index < -0.39 is 5.97 Å². The monoisotopic (exact) mass is 307 g/mol. The van der Waals surface area contributed by atoms with E-state index >= 15 is 0 Å². The highest BCUT2D eigenvalue weighted by molar-refractivity contribution is 6.10. The second-order valence-electron chi connectivity index (χ2n) is 5.01. The molecule has 3 aromatic heterocycles. The molecule has 0 saturated carbocycles. The van der Waals surface area contributed by atoms with Crippen molar-refractivity contribution in [2.45, 2.75) is 6.92 Å². The zero-order chi connectivity index (χ0) is 15.8. The van der Waals surface area contributed by atoms with Crippen molar-refractivity contribution in [2.75, 3.05) is 6.61 Å². The number of carbonyl (C=O) groups excluding carboxylic acids is 1. The number of furan rings is 1. The number of benzene rings is 1. The van der Waals surface area contributed by atoms with Crippen molar-refractivity contribution in [1.82, 2.24) is 15.0 Å². The second-order valence-corrected chi connectivity index (χ2v) is 5.01. The third kappa shape index (κ3) is 2.07. The molecule has 114 valence electrons. The molecule has 0 atom stereocenters. The SMILES string of the molecule is CCOC(=O)c1c[nH]c2ncnc(-c3coc4ccccc34)c12. The normalized spacial score (nSPS) is 11.2. The predicted molar refractivity (Wildman–Crippen MR) is 85.1 cm³/mol. The first-order valence-corrected chi connectivity index (χ1v) is 7.25. The summed E-state index contributed by atoms with van der Waals surface area (Å²) in [5.74, 6) is -0.400. The summed E-state index contributed by atoms with van der Waals surface area (Å²) in [7, 11) is 0. The number of aromatic nitrogens is 3. The molecule has 0 unspecified atom stereocenters. The summed E-state index contributed by atoms with van der Waals surface area (Å²) >= 11 is 0. The first-order valence-electron chi connectivity index (χ1n) is 7.25. The van der Waals surface area contributed by atoms with Crippen LogP contribution in [0.4, 0.5) is 0 Å². The number of hydrogen-bond donors (Lipinski definition) is 1. The largest absolute Gasteiger partial charge is 0.464 e. The topological polar surface area (TPSA) is 81.0 Å². The number of fused-ring (bicyclic) bond motifs is 2. The minimum absolute atomic E-state index is 0.309. The van der Waals surface area contributed by atoms with Crippen LogP contribution in [0, 0.1) is 0 Å². The molecule has 0 aliphatic carbocycles. The summed E-state index contributed by atoms with van der Waals surface area (Å²) in [5.41, 5.74) is 3.23. The fraction of sp³-hybridized carbons (Fsp3) is 0.118. The summed E-state index contributed by atoms with van der Waals surface area (Å²) in [6.45, 7) is 2.08. The van der Waals surface area contributed by atoms with Crippen LogP contribution < -0.4 is 0 Å². The summed E-state index contributed by atoms with van der Waals surface area (Å²) in [6, 6.07) is 7.69. The quantitative estimate of drug-likeness (QED) is 0.585. The Morgan fingerprint density at radius 1 is 1.30 bits per heavy atom. The maximum absolute atomic E-state index is 12.2. The van der Waals surface area contributed by atoms with E-state index in [0.29, 0.717) is 28.9 Å². The van der Waals surface area contributed by atoms with E-state index in [1.807, 2.05) is 24.3 Å². The summed E-state index contributed by atoms with van der Waals surface area (Å²) in [5, 5.41) is 1.57. The minimum atomic E-state index is -0.400. The van der Waals surface area contributed by atoms with Crippen molar-refractivity contribution in [3.8, 4) is 11.3 Å². The number of ether oxygens (including phenoxy) is 1. The molecule has 6 nitrogen and oxygen atoms in total. The van der Waals surface area contributed by atoms with Crippen LogP contribution in [0.5, 0.6) is 0 Å². The van der Waals surface area contributed by atoms with Gasteiger partial charge in [0, 0.05) is 17.1 Å². The molecule has 0 radical (unpaired) electrons. The van der Waals surface area contributed by atoms with Crippen LogP contribution in [0.15, 0.2) is 47.5 Å². The van der Waals surface area contributed by atoms with Crippen molar-refractivity contribution in [3.63, 3.8) is 0 Å². The van der Waals surface area contributed by atoms with Gasteiger partial charge in [-0.15, -0.1) is 0 Å². The Morgan fingerprint density at radius 2 is 2.17 bits per heavy atom. The fourth-order valence-electron chi connectivity index (χ4n) is 2.70. The van der Waals surface area contributed by atoms with Crippen molar-refractivity contribution >= 4 is 28.0 Å². The van der Waals surface area contributed by atoms with Gasteiger partial charge >= 0.3 is 5.97 Å². The molecule has 0 fully saturated rings. The van der Waals surface area contributed by atoms with Crippen LogP contribution in [0.1, 0.15) is 17.3 Å². The zero-order valence-corrected chi connectivity index (χ0v) is 12.4. The number of nitrogens with one attached hydrogen (secondary N) is 1. The van der Waals surface area contributed by atoms with Gasteiger partial charge in [-0.05, 0) is 13.0 Å². The Hall–Kier alpha value is -3.15. The van der Waals surface area contributed by atoms with E-state index in [-0.39, 0.29) is 0 Å². The van der Waals surface area contributed by atoms with Crippen LogP contribution in [-0.2, 0) is 4.74 Å². The van der Waals surface area contributed by atoms with E-state index in [1.165, 1.54) is 6.33 Å². The third-order valence-electron chi connectivity index (χ3n) is 3.70. The van der Waals surface area contributed by atoms with Gasteiger partial charge in [-0.25, -0.2) is 14.8 Å². The lowest BCUT2D eigenvalue weighted by molar-refractivity contribution is 0.0528. The Kier molecular flexibility index (Phi) is 3.08. The van der Waals surface area contributed by atoms with Crippen LogP contribution in [-0.4, -0.2) is 27.5 Å². The first-order chi connectivity index (χ1) is 11.3. The molecule has 0 spiro atoms. The van der Waals surface area contributed by atoms with Gasteiger partial charge in [-0.1, -0.05) is 18.2 Å². The second kappa shape index (κ2) is 5.24. The van der Waals surface area contributed by atoms with E-state index in [2.05, 4.69) is 15.0 Å². The van der Waals surface area contributed by atoms with Crippen molar-refractivity contribution < 1.29 is 13.9 Å². The van der Waals surface area contributed by atoms with Crippen LogP contribution >= 0.6 is 0 Å². The fourth-order valence-corrected chi connectivity index (χ4v) is 2.70. The molecular weight excluding hydrogens is 294 g/mol. The Morgan fingerprint density at radius 3 is 3.04 bits per heavy atom. The average molecular weight is 307 g/mol. The van der Waals surface area contributed by atoms with Crippen molar-refractivity contribution in [1.29, 1.82) is 0 Å². The lowest BCUT2D eigenvalue weighted by atomic mass is 10.1. The van der Waals surface area contributed by atoms with Gasteiger partial charge < -0.3 is 14.1 Å². The standard InChI is InChI=1S/C17H13N3O3/c1-2-22-17(21)11-7-18-16-14(11)15(19-9-20-16)12-8-23-13-6-4-3-5-10(12)13/h3-9H,2H2,1H3,(H,18,19,20). The van der Waals surface area contributed by atoms with Crippen molar-refractivity contribution in [3.05, 3.63) is 48.6 Å². The van der Waals surface area contributed by atoms with Gasteiger partial charge in [-0.3, -0.25) is 0 Å². The molecule has 4 rings (SSSR count). The van der Waals surface area contributed by atoms with Crippen LogP contribution in [0.3, 0.4) is 0 Å². The number of esters is 1. The van der Waals surface area contributed by atoms with Gasteiger partial charge in [0.15, 0.2) is 0 Å². The minimum Gasteiger partial charge on any atom is -0.464 e. The predicted octanol–water partition coefficient (Wildman–Crippen LogP) is 3.55.